The molecule has 2 heterocycles. The Hall–Kier alpha value is -2.51. The van der Waals surface area contributed by atoms with Crippen LogP contribution in [0, 0.1) is 12.7 Å². The lowest BCUT2D eigenvalue weighted by Crippen LogP contribution is -2.37. The summed E-state index contributed by atoms with van der Waals surface area (Å²) in [4.78, 5) is 6.39. The van der Waals surface area contributed by atoms with Gasteiger partial charge < -0.3 is 9.64 Å². The zero-order valence-corrected chi connectivity index (χ0v) is 15.7. The lowest BCUT2D eigenvalue weighted by Gasteiger charge is -2.31. The highest BCUT2D eigenvalue weighted by atomic mass is 32.2. The van der Waals surface area contributed by atoms with E-state index in [-0.39, 0.29) is 9.79 Å². The second-order valence-corrected chi connectivity index (χ2v) is 8.47. The molecule has 0 atom stereocenters. The molecule has 0 spiro atoms. The van der Waals surface area contributed by atoms with E-state index in [4.69, 9.17) is 4.74 Å². The maximum atomic E-state index is 13.7. The first kappa shape index (κ1) is 17.9. The fourth-order valence-corrected chi connectivity index (χ4v) is 4.81. The van der Waals surface area contributed by atoms with Gasteiger partial charge >= 0.3 is 0 Å². The summed E-state index contributed by atoms with van der Waals surface area (Å²) in [5.41, 5.74) is 2.34. The summed E-state index contributed by atoms with van der Waals surface area (Å²) >= 11 is 0. The van der Waals surface area contributed by atoms with Crippen molar-refractivity contribution >= 4 is 26.4 Å². The van der Waals surface area contributed by atoms with E-state index in [0.29, 0.717) is 32.0 Å². The van der Waals surface area contributed by atoms with Gasteiger partial charge in [0, 0.05) is 24.7 Å². The molecule has 4 rings (SSSR count). The molecule has 7 heteroatoms. The van der Waals surface area contributed by atoms with Gasteiger partial charge in [-0.3, -0.25) is 4.98 Å². The molecule has 0 radical (unpaired) electrons. The minimum atomic E-state index is -3.93. The predicted molar refractivity (Wildman–Crippen MR) is 101 cm³/mol. The molecule has 1 aliphatic heterocycles. The number of ether oxygens (including phenoxy) is 1. The molecule has 1 saturated heterocycles. The first-order chi connectivity index (χ1) is 13.0. The summed E-state index contributed by atoms with van der Waals surface area (Å²) in [7, 11) is -3.93. The number of pyridine rings is 1. The second-order valence-electron chi connectivity index (χ2n) is 6.55. The number of sulfone groups is 1. The molecule has 5 nitrogen and oxygen atoms in total. The summed E-state index contributed by atoms with van der Waals surface area (Å²) in [6.45, 7) is 4.16. The number of hydrogen-bond donors (Lipinski definition) is 0. The summed E-state index contributed by atoms with van der Waals surface area (Å²) in [5, 5.41) is 0.773. The molecule has 0 unspecified atom stereocenters. The maximum Gasteiger partial charge on any atom is 0.210 e. The van der Waals surface area contributed by atoms with Crippen LogP contribution in [0.25, 0.3) is 10.9 Å². The number of nitrogens with zero attached hydrogens (tertiary/aromatic N) is 2. The minimum absolute atomic E-state index is 0.0780. The monoisotopic (exact) mass is 386 g/mol. The van der Waals surface area contributed by atoms with Gasteiger partial charge in [0.1, 0.15) is 10.7 Å². The van der Waals surface area contributed by atoms with E-state index in [0.717, 1.165) is 22.5 Å². The number of benzene rings is 2. The Morgan fingerprint density at radius 3 is 2.63 bits per heavy atom. The first-order valence-corrected chi connectivity index (χ1v) is 10.2. The van der Waals surface area contributed by atoms with E-state index in [2.05, 4.69) is 4.98 Å². The summed E-state index contributed by atoms with van der Waals surface area (Å²) < 4.78 is 45.7. The molecular formula is C20H19FN2O3S. The Bertz CT molecular complexity index is 1110. The quantitative estimate of drug-likeness (QED) is 0.691. The zero-order valence-electron chi connectivity index (χ0n) is 14.9. The van der Waals surface area contributed by atoms with Gasteiger partial charge in [-0.25, -0.2) is 12.8 Å². The summed E-state index contributed by atoms with van der Waals surface area (Å²) in [6.07, 6.45) is 1.38. The Morgan fingerprint density at radius 2 is 1.89 bits per heavy atom. The average Bonchev–Trinajstić information content (AvgIpc) is 2.67. The van der Waals surface area contributed by atoms with Gasteiger partial charge in [0.05, 0.1) is 29.3 Å². The van der Waals surface area contributed by atoms with Crippen molar-refractivity contribution in [3.05, 3.63) is 60.0 Å². The normalized spacial score (nSPS) is 15.3. The Labute approximate surface area is 157 Å². The van der Waals surface area contributed by atoms with Crippen molar-refractivity contribution in [2.24, 2.45) is 0 Å². The number of fused-ring (bicyclic) bond motifs is 1. The molecule has 140 valence electrons. The van der Waals surface area contributed by atoms with E-state index < -0.39 is 15.7 Å². The standard InChI is InChI=1S/C20H19FN2O3S/c1-14-5-6-18-17(11-14)20(23-7-9-26-10-8-23)19(13-22-18)27(24,25)16-4-2-3-15(21)12-16/h2-6,11-13H,7-10H2,1H3. The van der Waals surface area contributed by atoms with Crippen LogP contribution in [-0.4, -0.2) is 39.7 Å². The number of hydrogen-bond acceptors (Lipinski definition) is 5. The van der Waals surface area contributed by atoms with Gasteiger partial charge in [0.25, 0.3) is 0 Å². The van der Waals surface area contributed by atoms with E-state index in [9.17, 15) is 12.8 Å². The number of halogens is 1. The lowest BCUT2D eigenvalue weighted by atomic mass is 10.1. The van der Waals surface area contributed by atoms with Crippen molar-refractivity contribution in [3.63, 3.8) is 0 Å². The fourth-order valence-electron chi connectivity index (χ4n) is 3.35. The van der Waals surface area contributed by atoms with E-state index in [1.54, 1.807) is 0 Å². The fraction of sp³-hybridized carbons (Fsp3) is 0.250. The van der Waals surface area contributed by atoms with Crippen LogP contribution < -0.4 is 4.90 Å². The highest BCUT2D eigenvalue weighted by Gasteiger charge is 2.28. The summed E-state index contributed by atoms with van der Waals surface area (Å²) in [5.74, 6) is -0.589. The zero-order chi connectivity index (χ0) is 19.0. The van der Waals surface area contributed by atoms with Gasteiger partial charge in [-0.1, -0.05) is 17.7 Å². The largest absolute Gasteiger partial charge is 0.378 e. The van der Waals surface area contributed by atoms with Crippen LogP contribution in [0.5, 0.6) is 0 Å². The SMILES string of the molecule is Cc1ccc2ncc(S(=O)(=O)c3cccc(F)c3)c(N3CCOCC3)c2c1. The maximum absolute atomic E-state index is 13.7. The molecule has 0 aliphatic carbocycles. The van der Waals surface area contributed by atoms with Crippen molar-refractivity contribution in [1.82, 2.24) is 4.98 Å². The molecule has 2 aromatic carbocycles. The van der Waals surface area contributed by atoms with Crippen LogP contribution in [0.3, 0.4) is 0 Å². The van der Waals surface area contributed by atoms with Gasteiger partial charge in [-0.05, 0) is 37.3 Å². The molecule has 27 heavy (non-hydrogen) atoms. The van der Waals surface area contributed by atoms with Crippen molar-refractivity contribution in [2.75, 3.05) is 31.2 Å². The molecule has 0 bridgehead atoms. The molecule has 1 aliphatic rings. The second kappa shape index (κ2) is 6.90. The Morgan fingerprint density at radius 1 is 1.11 bits per heavy atom. The van der Waals surface area contributed by atoms with Crippen LogP contribution in [-0.2, 0) is 14.6 Å². The average molecular weight is 386 g/mol. The molecule has 1 fully saturated rings. The van der Waals surface area contributed by atoms with Crippen LogP contribution in [0.15, 0.2) is 58.5 Å². The molecular weight excluding hydrogens is 367 g/mol. The highest BCUT2D eigenvalue weighted by Crippen LogP contribution is 2.36. The highest BCUT2D eigenvalue weighted by molar-refractivity contribution is 7.91. The lowest BCUT2D eigenvalue weighted by molar-refractivity contribution is 0.122. The molecule has 1 aromatic heterocycles. The van der Waals surface area contributed by atoms with Crippen LogP contribution in [0.2, 0.25) is 0 Å². The van der Waals surface area contributed by atoms with Crippen LogP contribution in [0.1, 0.15) is 5.56 Å². The Balaban J connectivity index is 1.99. The topological polar surface area (TPSA) is 59.5 Å². The van der Waals surface area contributed by atoms with Crippen molar-refractivity contribution < 1.29 is 17.5 Å². The van der Waals surface area contributed by atoms with Crippen molar-refractivity contribution in [3.8, 4) is 0 Å². The van der Waals surface area contributed by atoms with E-state index in [1.807, 2.05) is 30.0 Å². The van der Waals surface area contributed by atoms with E-state index in [1.165, 1.54) is 24.4 Å². The van der Waals surface area contributed by atoms with Gasteiger partial charge in [0.2, 0.25) is 9.84 Å². The smallest absolute Gasteiger partial charge is 0.210 e. The number of rotatable bonds is 3. The van der Waals surface area contributed by atoms with E-state index >= 15 is 0 Å². The first-order valence-electron chi connectivity index (χ1n) is 8.69. The Kier molecular flexibility index (Phi) is 4.57. The van der Waals surface area contributed by atoms with Gasteiger partial charge in [-0.2, -0.15) is 0 Å². The minimum Gasteiger partial charge on any atom is -0.378 e. The third-order valence-electron chi connectivity index (χ3n) is 4.68. The number of aryl methyl sites for hydroxylation is 1. The molecule has 3 aromatic rings. The van der Waals surface area contributed by atoms with Crippen LogP contribution in [0.4, 0.5) is 10.1 Å². The number of aromatic nitrogens is 1. The van der Waals surface area contributed by atoms with Crippen molar-refractivity contribution in [2.45, 2.75) is 16.7 Å². The van der Waals surface area contributed by atoms with Gasteiger partial charge in [-0.15, -0.1) is 0 Å². The predicted octanol–water partition coefficient (Wildman–Crippen LogP) is 3.35. The molecule has 0 N–H and O–H groups in total. The van der Waals surface area contributed by atoms with Crippen molar-refractivity contribution in [1.29, 1.82) is 0 Å². The number of anilines is 1. The van der Waals surface area contributed by atoms with Gasteiger partial charge in [0.15, 0.2) is 0 Å². The molecule has 0 amide bonds. The number of morpholine rings is 1. The third-order valence-corrected chi connectivity index (χ3v) is 6.44. The summed E-state index contributed by atoms with van der Waals surface area (Å²) in [6, 6.07) is 10.8. The van der Waals surface area contributed by atoms with Crippen LogP contribution >= 0.6 is 0 Å². The third kappa shape index (κ3) is 3.28. The molecule has 0 saturated carbocycles.